The zero-order valence-corrected chi connectivity index (χ0v) is 19.1. The van der Waals surface area contributed by atoms with E-state index in [2.05, 4.69) is 20.7 Å². The van der Waals surface area contributed by atoms with Gasteiger partial charge in [-0.15, -0.1) is 0 Å². The molecule has 0 radical (unpaired) electrons. The number of urea groups is 1. The summed E-state index contributed by atoms with van der Waals surface area (Å²) in [6.07, 6.45) is -1.04. The van der Waals surface area contributed by atoms with Crippen LogP contribution in [0.1, 0.15) is 18.2 Å². The maximum atomic E-state index is 14.6. The largest absolute Gasteiger partial charge is 0.416 e. The third kappa shape index (κ3) is 5.52. The first-order chi connectivity index (χ1) is 17.2. The minimum atomic E-state index is -4.49. The Bertz CT molecular complexity index is 1380. The smallest absolute Gasteiger partial charge is 0.325 e. The molecule has 0 atom stereocenters. The topological polar surface area (TPSA) is 97.9 Å². The minimum Gasteiger partial charge on any atom is -0.325 e. The first-order valence-electron chi connectivity index (χ1n) is 11.0. The number of anilines is 2. The van der Waals surface area contributed by atoms with Crippen LogP contribution >= 0.6 is 0 Å². The number of alkyl halides is 3. The Morgan fingerprint density at radius 2 is 1.78 bits per heavy atom. The van der Waals surface area contributed by atoms with Crippen molar-refractivity contribution in [1.29, 1.82) is 0 Å². The number of amides is 2. The maximum Gasteiger partial charge on any atom is 0.416 e. The van der Waals surface area contributed by atoms with Crippen molar-refractivity contribution in [3.05, 3.63) is 84.1 Å². The van der Waals surface area contributed by atoms with Crippen LogP contribution in [0, 0.1) is 5.82 Å². The van der Waals surface area contributed by atoms with E-state index >= 15 is 0 Å². The van der Waals surface area contributed by atoms with E-state index < -0.39 is 23.6 Å². The second-order valence-electron chi connectivity index (χ2n) is 7.84. The van der Waals surface area contributed by atoms with Crippen LogP contribution in [0.25, 0.3) is 22.4 Å². The summed E-state index contributed by atoms with van der Waals surface area (Å²) in [6.45, 7) is 2.79. The summed E-state index contributed by atoms with van der Waals surface area (Å²) in [5, 5.41) is 9.43. The van der Waals surface area contributed by atoms with Gasteiger partial charge in [-0.3, -0.25) is 9.67 Å². The number of benzene rings is 2. The van der Waals surface area contributed by atoms with E-state index in [1.54, 1.807) is 23.0 Å². The molecule has 36 heavy (non-hydrogen) atoms. The van der Waals surface area contributed by atoms with Crippen molar-refractivity contribution in [3.8, 4) is 22.4 Å². The average Bonchev–Trinajstić information content (AvgIpc) is 3.30. The Hall–Kier alpha value is -4.25. The number of carbonyl (C=O) groups is 1. The number of pyridine rings is 1. The van der Waals surface area contributed by atoms with Crippen LogP contribution < -0.4 is 16.4 Å². The SMILES string of the molecule is CCn1cc(-c2ccc(F)c(NC(=O)Nc3ccc(C(F)(F)F)cc3)c2)c(-c2ccnc(CN)c2)n1. The van der Waals surface area contributed by atoms with Crippen molar-refractivity contribution in [3.63, 3.8) is 0 Å². The van der Waals surface area contributed by atoms with Gasteiger partial charge in [0.2, 0.25) is 0 Å². The predicted molar refractivity (Wildman–Crippen MR) is 129 cm³/mol. The van der Waals surface area contributed by atoms with Gasteiger partial charge >= 0.3 is 12.2 Å². The van der Waals surface area contributed by atoms with E-state index in [1.807, 2.05) is 19.2 Å². The van der Waals surface area contributed by atoms with Crippen molar-refractivity contribution in [1.82, 2.24) is 14.8 Å². The molecule has 0 aliphatic carbocycles. The second-order valence-corrected chi connectivity index (χ2v) is 7.84. The zero-order chi connectivity index (χ0) is 25.9. The van der Waals surface area contributed by atoms with E-state index in [-0.39, 0.29) is 17.9 Å². The minimum absolute atomic E-state index is 0.107. The first-order valence-corrected chi connectivity index (χ1v) is 11.0. The highest BCUT2D eigenvalue weighted by Gasteiger charge is 2.30. The second kappa shape index (κ2) is 10.2. The van der Waals surface area contributed by atoms with Crippen molar-refractivity contribution in [2.24, 2.45) is 5.73 Å². The molecule has 2 aromatic carbocycles. The predicted octanol–water partition coefficient (Wildman–Crippen LogP) is 5.89. The fourth-order valence-corrected chi connectivity index (χ4v) is 3.56. The summed E-state index contributed by atoms with van der Waals surface area (Å²) in [7, 11) is 0. The van der Waals surface area contributed by atoms with Crippen LogP contribution in [0.15, 0.2) is 67.0 Å². The van der Waals surface area contributed by atoms with Crippen LogP contribution in [0.2, 0.25) is 0 Å². The number of nitrogens with zero attached hydrogens (tertiary/aromatic N) is 3. The Morgan fingerprint density at radius 1 is 1.03 bits per heavy atom. The summed E-state index contributed by atoms with van der Waals surface area (Å²) in [6, 6.07) is 11.0. The molecule has 2 heterocycles. The molecule has 0 spiro atoms. The van der Waals surface area contributed by atoms with E-state index in [0.717, 1.165) is 29.8 Å². The number of rotatable bonds is 6. The molecular weight excluding hydrogens is 476 g/mol. The molecule has 2 aromatic heterocycles. The lowest BCUT2D eigenvalue weighted by Crippen LogP contribution is -2.20. The maximum absolute atomic E-state index is 14.6. The fourth-order valence-electron chi connectivity index (χ4n) is 3.56. The van der Waals surface area contributed by atoms with Gasteiger partial charge in [0.15, 0.2) is 0 Å². The van der Waals surface area contributed by atoms with Gasteiger partial charge in [0, 0.05) is 42.3 Å². The van der Waals surface area contributed by atoms with Crippen LogP contribution in [-0.4, -0.2) is 20.8 Å². The number of nitrogens with one attached hydrogen (secondary N) is 2. The normalized spacial score (nSPS) is 11.4. The molecular formula is C25H22F4N6O. The zero-order valence-electron chi connectivity index (χ0n) is 19.1. The van der Waals surface area contributed by atoms with E-state index in [0.29, 0.717) is 29.1 Å². The van der Waals surface area contributed by atoms with Crippen molar-refractivity contribution < 1.29 is 22.4 Å². The third-order valence-electron chi connectivity index (χ3n) is 5.38. The van der Waals surface area contributed by atoms with Gasteiger partial charge in [0.05, 0.1) is 16.9 Å². The highest BCUT2D eigenvalue weighted by molar-refractivity contribution is 6.00. The quantitative estimate of drug-likeness (QED) is 0.289. The standard InChI is InChI=1S/C25H22F4N6O/c1-2-35-14-20(23(34-35)16-9-10-31-19(11-16)13-30)15-3-8-21(26)22(12-15)33-24(36)32-18-6-4-17(5-7-18)25(27,28)29/h3-12,14H,2,13,30H2,1H3,(H2,32,33,36). The van der Waals surface area contributed by atoms with Crippen molar-refractivity contribution in [2.45, 2.75) is 26.2 Å². The summed E-state index contributed by atoms with van der Waals surface area (Å²) in [4.78, 5) is 16.6. The number of hydrogen-bond acceptors (Lipinski definition) is 4. The lowest BCUT2D eigenvalue weighted by atomic mass is 10.0. The molecule has 4 aromatic rings. The van der Waals surface area contributed by atoms with Crippen molar-refractivity contribution in [2.75, 3.05) is 10.6 Å². The number of nitrogens with two attached hydrogens (primary N) is 1. The molecule has 0 unspecified atom stereocenters. The molecule has 0 saturated carbocycles. The Labute approximate surface area is 204 Å². The van der Waals surface area contributed by atoms with E-state index in [9.17, 15) is 22.4 Å². The van der Waals surface area contributed by atoms with E-state index in [1.165, 1.54) is 12.1 Å². The number of carbonyl (C=O) groups excluding carboxylic acids is 1. The number of hydrogen-bond donors (Lipinski definition) is 3. The molecule has 0 bridgehead atoms. The monoisotopic (exact) mass is 498 g/mol. The van der Waals surface area contributed by atoms with Crippen LogP contribution in [0.5, 0.6) is 0 Å². The Balaban J connectivity index is 1.60. The van der Waals surface area contributed by atoms with Gasteiger partial charge in [-0.1, -0.05) is 6.07 Å². The molecule has 4 N–H and O–H groups in total. The van der Waals surface area contributed by atoms with Gasteiger partial charge in [0.1, 0.15) is 11.5 Å². The third-order valence-corrected chi connectivity index (χ3v) is 5.38. The summed E-state index contributed by atoms with van der Waals surface area (Å²) in [5.74, 6) is -0.680. The fraction of sp³-hybridized carbons (Fsp3) is 0.160. The Morgan fingerprint density at radius 3 is 2.44 bits per heavy atom. The van der Waals surface area contributed by atoms with Crippen LogP contribution in [0.4, 0.5) is 33.7 Å². The van der Waals surface area contributed by atoms with Crippen LogP contribution in [-0.2, 0) is 19.3 Å². The highest BCUT2D eigenvalue weighted by atomic mass is 19.4. The summed E-state index contributed by atoms with van der Waals surface area (Å²) in [5.41, 5.74) is 8.30. The molecule has 7 nitrogen and oxygen atoms in total. The Kier molecular flexibility index (Phi) is 7.02. The van der Waals surface area contributed by atoms with Gasteiger partial charge in [-0.05, 0) is 61.0 Å². The number of aryl methyl sites for hydroxylation is 1. The first kappa shape index (κ1) is 24.9. The van der Waals surface area contributed by atoms with Crippen molar-refractivity contribution >= 4 is 17.4 Å². The molecule has 11 heteroatoms. The van der Waals surface area contributed by atoms with Gasteiger partial charge in [0.25, 0.3) is 0 Å². The highest BCUT2D eigenvalue weighted by Crippen LogP contribution is 2.34. The lowest BCUT2D eigenvalue weighted by molar-refractivity contribution is -0.137. The molecule has 0 fully saturated rings. The lowest BCUT2D eigenvalue weighted by Gasteiger charge is -2.11. The number of halogens is 4. The van der Waals surface area contributed by atoms with Gasteiger partial charge < -0.3 is 16.4 Å². The molecule has 2 amide bonds. The molecule has 186 valence electrons. The summed E-state index contributed by atoms with van der Waals surface area (Å²) >= 11 is 0. The average molecular weight is 498 g/mol. The summed E-state index contributed by atoms with van der Waals surface area (Å²) < 4.78 is 54.5. The van der Waals surface area contributed by atoms with Gasteiger partial charge in [-0.25, -0.2) is 9.18 Å². The number of aromatic nitrogens is 3. The molecule has 0 aliphatic heterocycles. The molecule has 0 saturated heterocycles. The molecule has 0 aliphatic rings. The van der Waals surface area contributed by atoms with Crippen LogP contribution in [0.3, 0.4) is 0 Å². The molecule has 4 rings (SSSR count). The van der Waals surface area contributed by atoms with E-state index in [4.69, 9.17) is 5.73 Å². The van der Waals surface area contributed by atoms with Gasteiger partial charge in [-0.2, -0.15) is 18.3 Å².